The summed E-state index contributed by atoms with van der Waals surface area (Å²) in [4.78, 5) is 28.3. The summed E-state index contributed by atoms with van der Waals surface area (Å²) < 4.78 is 0. The van der Waals surface area contributed by atoms with Crippen LogP contribution in [-0.2, 0) is 11.2 Å². The van der Waals surface area contributed by atoms with Crippen LogP contribution in [0.2, 0.25) is 0 Å². The Morgan fingerprint density at radius 2 is 1.88 bits per heavy atom. The summed E-state index contributed by atoms with van der Waals surface area (Å²) in [6.45, 7) is 1.99. The topological polar surface area (TPSA) is 71.1 Å². The Morgan fingerprint density at radius 3 is 2.58 bits per heavy atom. The van der Waals surface area contributed by atoms with Crippen LogP contribution >= 0.6 is 22.7 Å². The maximum absolute atomic E-state index is 12.1. The number of nitrogens with one attached hydrogen (secondary N) is 2. The molecule has 2 heterocycles. The van der Waals surface area contributed by atoms with Crippen molar-refractivity contribution in [3.05, 3.63) is 63.3 Å². The quantitative estimate of drug-likeness (QED) is 0.726. The monoisotopic (exact) mass is 357 g/mol. The number of benzene rings is 1. The second kappa shape index (κ2) is 7.37. The van der Waals surface area contributed by atoms with Gasteiger partial charge in [-0.3, -0.25) is 14.9 Å². The fourth-order valence-electron chi connectivity index (χ4n) is 2.02. The molecular weight excluding hydrogens is 342 g/mol. The minimum atomic E-state index is -0.193. The Balaban J connectivity index is 1.56. The minimum Gasteiger partial charge on any atom is -0.326 e. The molecule has 0 aliphatic rings. The third kappa shape index (κ3) is 4.27. The van der Waals surface area contributed by atoms with Crippen LogP contribution in [0.15, 0.2) is 46.5 Å². The molecule has 0 fully saturated rings. The fraction of sp³-hybridized carbons (Fsp3) is 0.118. The largest absolute Gasteiger partial charge is 0.326 e. The number of carbonyl (C=O) groups is 2. The van der Waals surface area contributed by atoms with Crippen molar-refractivity contribution in [3.63, 3.8) is 0 Å². The van der Waals surface area contributed by atoms with Crippen LogP contribution in [0.1, 0.15) is 21.6 Å². The Morgan fingerprint density at radius 1 is 1.08 bits per heavy atom. The lowest BCUT2D eigenvalue weighted by atomic mass is 10.2. The number of nitrogens with zero attached hydrogens (tertiary/aromatic N) is 1. The molecule has 2 amide bonds. The van der Waals surface area contributed by atoms with E-state index in [1.807, 2.05) is 36.6 Å². The Hall–Kier alpha value is -2.51. The third-order valence-corrected chi connectivity index (χ3v) is 4.72. The van der Waals surface area contributed by atoms with E-state index in [4.69, 9.17) is 0 Å². The molecule has 2 N–H and O–H groups in total. The SMILES string of the molecule is Cc1ccc(NC(=O)Cc2csc(NC(=O)c3ccsc3)n2)cc1. The van der Waals surface area contributed by atoms with E-state index >= 15 is 0 Å². The van der Waals surface area contributed by atoms with Crippen molar-refractivity contribution in [2.24, 2.45) is 0 Å². The second-order valence-corrected chi connectivity index (χ2v) is 6.84. The summed E-state index contributed by atoms with van der Waals surface area (Å²) in [7, 11) is 0. The van der Waals surface area contributed by atoms with Crippen molar-refractivity contribution in [1.29, 1.82) is 0 Å². The molecule has 3 aromatic rings. The molecule has 0 atom stereocenters. The summed E-state index contributed by atoms with van der Waals surface area (Å²) in [5.74, 6) is -0.332. The van der Waals surface area contributed by atoms with E-state index in [1.54, 1.807) is 16.8 Å². The van der Waals surface area contributed by atoms with Crippen LogP contribution < -0.4 is 10.6 Å². The van der Waals surface area contributed by atoms with Gasteiger partial charge in [0.25, 0.3) is 5.91 Å². The predicted molar refractivity (Wildman–Crippen MR) is 97.9 cm³/mol. The first-order valence-corrected chi connectivity index (χ1v) is 9.07. The number of hydrogen-bond donors (Lipinski definition) is 2. The zero-order chi connectivity index (χ0) is 16.9. The molecule has 5 nitrogen and oxygen atoms in total. The van der Waals surface area contributed by atoms with Gasteiger partial charge in [-0.25, -0.2) is 4.98 Å². The van der Waals surface area contributed by atoms with Crippen LogP contribution in [0.5, 0.6) is 0 Å². The minimum absolute atomic E-state index is 0.139. The van der Waals surface area contributed by atoms with E-state index in [2.05, 4.69) is 15.6 Å². The smallest absolute Gasteiger partial charge is 0.258 e. The molecular formula is C17H15N3O2S2. The first kappa shape index (κ1) is 16.4. The van der Waals surface area contributed by atoms with Crippen molar-refractivity contribution in [2.75, 3.05) is 10.6 Å². The van der Waals surface area contributed by atoms with Gasteiger partial charge in [0.1, 0.15) is 0 Å². The average molecular weight is 357 g/mol. The van der Waals surface area contributed by atoms with Gasteiger partial charge in [-0.2, -0.15) is 11.3 Å². The summed E-state index contributed by atoms with van der Waals surface area (Å²) >= 11 is 2.77. The van der Waals surface area contributed by atoms with E-state index in [0.29, 0.717) is 16.4 Å². The first-order valence-electron chi connectivity index (χ1n) is 7.24. The average Bonchev–Trinajstić information content (AvgIpc) is 3.21. The molecule has 122 valence electrons. The van der Waals surface area contributed by atoms with Crippen LogP contribution in [0.3, 0.4) is 0 Å². The molecule has 0 aliphatic heterocycles. The molecule has 0 unspecified atom stereocenters. The van der Waals surface area contributed by atoms with Gasteiger partial charge in [-0.1, -0.05) is 17.7 Å². The van der Waals surface area contributed by atoms with E-state index in [9.17, 15) is 9.59 Å². The van der Waals surface area contributed by atoms with Crippen molar-refractivity contribution >= 4 is 45.3 Å². The molecule has 1 aromatic carbocycles. The van der Waals surface area contributed by atoms with Gasteiger partial charge in [-0.05, 0) is 30.5 Å². The number of thiophene rings is 1. The Bertz CT molecular complexity index is 839. The van der Waals surface area contributed by atoms with Crippen molar-refractivity contribution in [1.82, 2.24) is 4.98 Å². The highest BCUT2D eigenvalue weighted by Gasteiger charge is 2.11. The molecule has 0 bridgehead atoms. The first-order chi connectivity index (χ1) is 11.6. The summed E-state index contributed by atoms with van der Waals surface area (Å²) in [5.41, 5.74) is 3.13. The van der Waals surface area contributed by atoms with Crippen molar-refractivity contribution < 1.29 is 9.59 Å². The lowest BCUT2D eigenvalue weighted by Gasteiger charge is -2.04. The highest BCUT2D eigenvalue weighted by atomic mass is 32.1. The molecule has 24 heavy (non-hydrogen) atoms. The number of amides is 2. The maximum Gasteiger partial charge on any atom is 0.258 e. The lowest BCUT2D eigenvalue weighted by Crippen LogP contribution is -2.15. The highest BCUT2D eigenvalue weighted by molar-refractivity contribution is 7.14. The number of carbonyl (C=O) groups excluding carboxylic acids is 2. The predicted octanol–water partition coefficient (Wildman–Crippen LogP) is 3.95. The van der Waals surface area contributed by atoms with Crippen molar-refractivity contribution in [2.45, 2.75) is 13.3 Å². The molecule has 0 saturated heterocycles. The molecule has 7 heteroatoms. The Labute approximate surface area is 147 Å². The third-order valence-electron chi connectivity index (χ3n) is 3.23. The van der Waals surface area contributed by atoms with E-state index in [0.717, 1.165) is 11.3 Å². The Kier molecular flexibility index (Phi) is 5.02. The summed E-state index contributed by atoms with van der Waals surface area (Å²) in [6, 6.07) is 9.36. The van der Waals surface area contributed by atoms with Gasteiger partial charge >= 0.3 is 0 Å². The fourth-order valence-corrected chi connectivity index (χ4v) is 3.36. The summed E-state index contributed by atoms with van der Waals surface area (Å²) in [6.07, 6.45) is 0.165. The number of anilines is 2. The molecule has 0 radical (unpaired) electrons. The van der Waals surface area contributed by atoms with Crippen LogP contribution in [0.4, 0.5) is 10.8 Å². The van der Waals surface area contributed by atoms with Gasteiger partial charge in [0.2, 0.25) is 5.91 Å². The lowest BCUT2D eigenvalue weighted by molar-refractivity contribution is -0.115. The van der Waals surface area contributed by atoms with Gasteiger partial charge in [0.05, 0.1) is 17.7 Å². The molecule has 2 aromatic heterocycles. The second-order valence-electron chi connectivity index (χ2n) is 5.20. The van der Waals surface area contributed by atoms with Gasteiger partial charge < -0.3 is 5.32 Å². The molecule has 3 rings (SSSR count). The van der Waals surface area contributed by atoms with Crippen molar-refractivity contribution in [3.8, 4) is 0 Å². The number of hydrogen-bond acceptors (Lipinski definition) is 5. The zero-order valence-electron chi connectivity index (χ0n) is 12.9. The molecule has 0 saturated carbocycles. The maximum atomic E-state index is 12.1. The highest BCUT2D eigenvalue weighted by Crippen LogP contribution is 2.18. The number of thiazole rings is 1. The summed E-state index contributed by atoms with van der Waals surface area (Å²) in [5, 5.41) is 11.5. The number of aryl methyl sites for hydroxylation is 1. The van der Waals surface area contributed by atoms with E-state index < -0.39 is 0 Å². The zero-order valence-corrected chi connectivity index (χ0v) is 14.5. The standard InChI is InChI=1S/C17H15N3O2S2/c1-11-2-4-13(5-3-11)18-15(21)8-14-10-24-17(19-14)20-16(22)12-6-7-23-9-12/h2-7,9-10H,8H2,1H3,(H,18,21)(H,19,20,22). The molecule has 0 aliphatic carbocycles. The van der Waals surface area contributed by atoms with Crippen LogP contribution in [0.25, 0.3) is 0 Å². The van der Waals surface area contributed by atoms with Gasteiger partial charge in [-0.15, -0.1) is 11.3 Å². The van der Waals surface area contributed by atoms with E-state index in [1.165, 1.54) is 22.7 Å². The van der Waals surface area contributed by atoms with Gasteiger partial charge in [0.15, 0.2) is 5.13 Å². The number of aromatic nitrogens is 1. The van der Waals surface area contributed by atoms with Gasteiger partial charge in [0, 0.05) is 16.4 Å². The number of rotatable bonds is 5. The van der Waals surface area contributed by atoms with Crippen LogP contribution in [0, 0.1) is 6.92 Å². The van der Waals surface area contributed by atoms with Crippen LogP contribution in [-0.4, -0.2) is 16.8 Å². The normalized spacial score (nSPS) is 10.4. The molecule has 0 spiro atoms. The van der Waals surface area contributed by atoms with E-state index in [-0.39, 0.29) is 18.2 Å².